The molecule has 2 aromatic carbocycles. The molecule has 106 valence electrons. The fourth-order valence-electron chi connectivity index (χ4n) is 1.46. The van der Waals surface area contributed by atoms with E-state index < -0.39 is 0 Å². The van der Waals surface area contributed by atoms with Crippen LogP contribution in [0.1, 0.15) is 0 Å². The van der Waals surface area contributed by atoms with Crippen LogP contribution in [0, 0.1) is 0 Å². The van der Waals surface area contributed by atoms with E-state index in [9.17, 15) is 5.11 Å². The molecule has 0 atom stereocenters. The molecular weight excluding hydrogens is 387 g/mol. The fourth-order valence-corrected chi connectivity index (χ4v) is 1.65. The molecule has 0 unspecified atom stereocenters. The Morgan fingerprint density at radius 3 is 2.55 bits per heavy atom. The zero-order valence-corrected chi connectivity index (χ0v) is 14.0. The minimum Gasteiger partial charge on any atom is -0.508 e. The van der Waals surface area contributed by atoms with Crippen molar-refractivity contribution in [3.63, 3.8) is 0 Å². The summed E-state index contributed by atoms with van der Waals surface area (Å²) in [7, 11) is 0. The van der Waals surface area contributed by atoms with Crippen molar-refractivity contribution in [3.8, 4) is 17.2 Å². The molecule has 0 saturated carbocycles. The number of thioether (sulfide) groups is 1. The highest BCUT2D eigenvalue weighted by molar-refractivity contribution is 14.0. The van der Waals surface area contributed by atoms with E-state index in [1.54, 1.807) is 12.1 Å². The van der Waals surface area contributed by atoms with E-state index >= 15 is 0 Å². The molecule has 0 aliphatic carbocycles. The van der Waals surface area contributed by atoms with Crippen LogP contribution < -0.4 is 10.5 Å². The molecular formula is C14H15IN2O2S. The molecule has 0 radical (unpaired) electrons. The monoisotopic (exact) mass is 402 g/mol. The van der Waals surface area contributed by atoms with Crippen LogP contribution in [-0.2, 0) is 0 Å². The fraction of sp³-hybridized carbons (Fsp3) is 0.0714. The summed E-state index contributed by atoms with van der Waals surface area (Å²) < 4.78 is 5.73. The molecule has 0 amide bonds. The second kappa shape index (κ2) is 8.01. The molecule has 0 aliphatic heterocycles. The number of halogens is 1. The predicted molar refractivity (Wildman–Crippen MR) is 94.8 cm³/mol. The highest BCUT2D eigenvalue weighted by Gasteiger charge is 2.06. The van der Waals surface area contributed by atoms with Gasteiger partial charge >= 0.3 is 0 Å². The molecule has 0 spiro atoms. The van der Waals surface area contributed by atoms with Crippen LogP contribution in [0.3, 0.4) is 0 Å². The molecule has 6 heteroatoms. The Labute approximate surface area is 139 Å². The highest BCUT2D eigenvalue weighted by atomic mass is 127. The van der Waals surface area contributed by atoms with E-state index in [-0.39, 0.29) is 29.7 Å². The second-order valence-electron chi connectivity index (χ2n) is 3.72. The average Bonchev–Trinajstić information content (AvgIpc) is 2.43. The number of hydrogen-bond acceptors (Lipinski definition) is 4. The lowest BCUT2D eigenvalue weighted by Crippen LogP contribution is -2.04. The summed E-state index contributed by atoms with van der Waals surface area (Å²) in [5.74, 6) is 1.36. The molecule has 0 fully saturated rings. The summed E-state index contributed by atoms with van der Waals surface area (Å²) in [5.41, 5.74) is 6.19. The molecule has 0 aliphatic rings. The van der Waals surface area contributed by atoms with Gasteiger partial charge in [0.2, 0.25) is 0 Å². The third-order valence-corrected chi connectivity index (χ3v) is 2.86. The minimum absolute atomic E-state index is 0. The number of ether oxygens (including phenoxy) is 1. The minimum atomic E-state index is 0. The average molecular weight is 402 g/mol. The van der Waals surface area contributed by atoms with Crippen molar-refractivity contribution in [3.05, 3.63) is 48.5 Å². The first-order valence-corrected chi connectivity index (χ1v) is 6.85. The lowest BCUT2D eigenvalue weighted by molar-refractivity contribution is 0.465. The Bertz CT molecular complexity index is 591. The van der Waals surface area contributed by atoms with Crippen molar-refractivity contribution in [2.75, 3.05) is 6.26 Å². The molecule has 0 heterocycles. The maximum Gasteiger partial charge on any atom is 0.159 e. The summed E-state index contributed by atoms with van der Waals surface area (Å²) >= 11 is 1.33. The number of para-hydroxylation sites is 1. The summed E-state index contributed by atoms with van der Waals surface area (Å²) in [4.78, 5) is 4.21. The summed E-state index contributed by atoms with van der Waals surface area (Å²) in [6.45, 7) is 0. The first-order valence-electron chi connectivity index (χ1n) is 5.63. The van der Waals surface area contributed by atoms with Gasteiger partial charge in [0.1, 0.15) is 17.2 Å². The van der Waals surface area contributed by atoms with E-state index in [0.717, 1.165) is 0 Å². The normalized spacial score (nSPS) is 10.8. The number of benzene rings is 2. The molecule has 4 nitrogen and oxygen atoms in total. The lowest BCUT2D eigenvalue weighted by atomic mass is 10.2. The Hall–Kier alpha value is -1.41. The number of phenolic OH excluding ortho intramolecular Hbond substituents is 1. The molecule has 0 saturated heterocycles. The van der Waals surface area contributed by atoms with E-state index in [2.05, 4.69) is 4.99 Å². The van der Waals surface area contributed by atoms with Gasteiger partial charge in [-0.25, -0.2) is 4.99 Å². The second-order valence-corrected chi connectivity index (χ2v) is 4.55. The van der Waals surface area contributed by atoms with Crippen molar-refractivity contribution in [1.29, 1.82) is 0 Å². The van der Waals surface area contributed by atoms with Gasteiger partial charge in [0.25, 0.3) is 0 Å². The van der Waals surface area contributed by atoms with E-state index in [0.29, 0.717) is 22.4 Å². The van der Waals surface area contributed by atoms with Crippen molar-refractivity contribution in [1.82, 2.24) is 0 Å². The van der Waals surface area contributed by atoms with Gasteiger partial charge in [-0.3, -0.25) is 0 Å². The maximum atomic E-state index is 9.52. The number of aliphatic imine (C=N–C) groups is 1. The Kier molecular flexibility index (Phi) is 6.66. The van der Waals surface area contributed by atoms with Gasteiger partial charge in [0.15, 0.2) is 10.9 Å². The topological polar surface area (TPSA) is 67.8 Å². The van der Waals surface area contributed by atoms with Crippen LogP contribution in [0.2, 0.25) is 0 Å². The Morgan fingerprint density at radius 1 is 1.20 bits per heavy atom. The van der Waals surface area contributed by atoms with Crippen molar-refractivity contribution in [2.45, 2.75) is 0 Å². The third-order valence-electron chi connectivity index (χ3n) is 2.35. The largest absolute Gasteiger partial charge is 0.508 e. The maximum absolute atomic E-state index is 9.52. The number of phenols is 1. The molecule has 0 bridgehead atoms. The van der Waals surface area contributed by atoms with Crippen LogP contribution in [0.4, 0.5) is 5.69 Å². The van der Waals surface area contributed by atoms with Gasteiger partial charge in [-0.2, -0.15) is 0 Å². The van der Waals surface area contributed by atoms with Crippen molar-refractivity contribution in [2.24, 2.45) is 10.7 Å². The van der Waals surface area contributed by atoms with Gasteiger partial charge in [0, 0.05) is 6.07 Å². The molecule has 2 rings (SSSR count). The number of rotatable bonds is 3. The number of amidine groups is 1. The van der Waals surface area contributed by atoms with Crippen LogP contribution >= 0.6 is 35.7 Å². The smallest absolute Gasteiger partial charge is 0.159 e. The lowest BCUT2D eigenvalue weighted by Gasteiger charge is -2.09. The summed E-state index contributed by atoms with van der Waals surface area (Å²) in [6.07, 6.45) is 1.83. The number of nitrogens with two attached hydrogens (primary N) is 1. The van der Waals surface area contributed by atoms with Gasteiger partial charge in [-0.15, -0.1) is 24.0 Å². The van der Waals surface area contributed by atoms with Crippen molar-refractivity contribution < 1.29 is 9.84 Å². The first-order chi connectivity index (χ1) is 9.19. The summed E-state index contributed by atoms with van der Waals surface area (Å²) in [6, 6.07) is 14.1. The number of nitrogens with zero attached hydrogens (tertiary/aromatic N) is 1. The number of hydrogen-bond donors (Lipinski definition) is 2. The van der Waals surface area contributed by atoms with Gasteiger partial charge in [-0.05, 0) is 30.5 Å². The molecule has 2 aromatic rings. The third kappa shape index (κ3) is 4.61. The number of aromatic hydroxyl groups is 1. The quantitative estimate of drug-likeness (QED) is 0.461. The van der Waals surface area contributed by atoms with E-state index in [1.807, 2.05) is 36.6 Å². The standard InChI is InChI=1S/C14H14N2O2S.HI/c1-19-14(15)16-12-9-10(17)7-8-13(12)18-11-5-3-2-4-6-11;/h2-9,17H,1H3,(H2,15,16);1H. The van der Waals surface area contributed by atoms with Gasteiger partial charge in [0.05, 0.1) is 0 Å². The zero-order chi connectivity index (χ0) is 13.7. The Morgan fingerprint density at radius 2 is 1.90 bits per heavy atom. The predicted octanol–water partition coefficient (Wildman–Crippen LogP) is 4.11. The van der Waals surface area contributed by atoms with Gasteiger partial charge in [-0.1, -0.05) is 30.0 Å². The van der Waals surface area contributed by atoms with Crippen LogP contribution in [0.25, 0.3) is 0 Å². The zero-order valence-electron chi connectivity index (χ0n) is 10.8. The summed E-state index contributed by atoms with van der Waals surface area (Å²) in [5, 5.41) is 9.92. The molecule has 0 aromatic heterocycles. The van der Waals surface area contributed by atoms with Crippen LogP contribution in [0.5, 0.6) is 17.2 Å². The van der Waals surface area contributed by atoms with Crippen LogP contribution in [-0.4, -0.2) is 16.5 Å². The SMILES string of the molecule is CSC(N)=Nc1cc(O)ccc1Oc1ccccc1.I. The van der Waals surface area contributed by atoms with Crippen molar-refractivity contribution >= 4 is 46.6 Å². The van der Waals surface area contributed by atoms with Crippen LogP contribution in [0.15, 0.2) is 53.5 Å². The molecule has 20 heavy (non-hydrogen) atoms. The van der Waals surface area contributed by atoms with Gasteiger partial charge < -0.3 is 15.6 Å². The molecule has 3 N–H and O–H groups in total. The highest BCUT2D eigenvalue weighted by Crippen LogP contribution is 2.34. The van der Waals surface area contributed by atoms with E-state index in [1.165, 1.54) is 17.8 Å². The van der Waals surface area contributed by atoms with E-state index in [4.69, 9.17) is 10.5 Å². The first kappa shape index (κ1) is 16.6. The Balaban J connectivity index is 0.00000200.